The first kappa shape index (κ1) is 16.7. The normalized spacial score (nSPS) is 10.7. The molecule has 0 aliphatic rings. The molecule has 2 amide bonds. The smallest absolute Gasteiger partial charge is 0.261 e. The zero-order valence-electron chi connectivity index (χ0n) is 12.8. The number of thiophene rings is 1. The van der Waals surface area contributed by atoms with Crippen LogP contribution in [0.25, 0.3) is 10.9 Å². The zero-order chi connectivity index (χ0) is 16.9. The largest absolute Gasteiger partial charge is 0.361 e. The maximum Gasteiger partial charge on any atom is 0.261 e. The van der Waals surface area contributed by atoms with Gasteiger partial charge in [-0.1, -0.05) is 18.2 Å². The van der Waals surface area contributed by atoms with Crippen LogP contribution in [0, 0.1) is 0 Å². The summed E-state index contributed by atoms with van der Waals surface area (Å²) in [5.74, 6) is -0.434. The molecular weight excluding hydrogens is 390 g/mol. The van der Waals surface area contributed by atoms with Gasteiger partial charge in [-0.25, -0.2) is 0 Å². The summed E-state index contributed by atoms with van der Waals surface area (Å²) in [5, 5.41) is 6.61. The van der Waals surface area contributed by atoms with Crippen LogP contribution in [0.4, 0.5) is 0 Å². The number of carbonyl (C=O) groups is 2. The van der Waals surface area contributed by atoms with Crippen molar-refractivity contribution in [2.45, 2.75) is 6.42 Å². The van der Waals surface area contributed by atoms with Crippen LogP contribution in [0.15, 0.2) is 46.4 Å². The molecule has 7 heteroatoms. The standard InChI is InChI=1S/C17H16BrN3O2S/c18-15-6-5-14(24-15)17(23)21-10-16(22)19-8-7-11-9-20-13-4-2-1-3-12(11)13/h1-6,9,20H,7-8,10H2,(H,19,22)(H,21,23). The number of halogens is 1. The van der Waals surface area contributed by atoms with Crippen molar-refractivity contribution in [3.63, 3.8) is 0 Å². The van der Waals surface area contributed by atoms with Crippen LogP contribution in [0.1, 0.15) is 15.2 Å². The molecule has 2 aromatic heterocycles. The second-order valence-electron chi connectivity index (χ2n) is 5.25. The van der Waals surface area contributed by atoms with E-state index in [-0.39, 0.29) is 18.4 Å². The molecule has 2 heterocycles. The fourth-order valence-corrected chi connectivity index (χ4v) is 3.72. The molecule has 3 rings (SSSR count). The number of para-hydroxylation sites is 1. The van der Waals surface area contributed by atoms with Crippen LogP contribution in [0.2, 0.25) is 0 Å². The van der Waals surface area contributed by atoms with Gasteiger partial charge in [0.05, 0.1) is 15.2 Å². The Kier molecular flexibility index (Phi) is 5.32. The Balaban J connectivity index is 1.43. The third kappa shape index (κ3) is 4.04. The first-order valence-corrected chi connectivity index (χ1v) is 9.09. The number of aromatic amines is 1. The summed E-state index contributed by atoms with van der Waals surface area (Å²) in [7, 11) is 0. The highest BCUT2D eigenvalue weighted by atomic mass is 79.9. The fourth-order valence-electron chi connectivity index (χ4n) is 2.42. The number of hydrogen-bond acceptors (Lipinski definition) is 3. The van der Waals surface area contributed by atoms with Crippen LogP contribution in [0.5, 0.6) is 0 Å². The highest BCUT2D eigenvalue weighted by molar-refractivity contribution is 9.11. The minimum Gasteiger partial charge on any atom is -0.361 e. The van der Waals surface area contributed by atoms with Gasteiger partial charge in [-0.3, -0.25) is 9.59 Å². The number of hydrogen-bond donors (Lipinski definition) is 3. The lowest BCUT2D eigenvalue weighted by Crippen LogP contribution is -2.37. The van der Waals surface area contributed by atoms with E-state index in [1.165, 1.54) is 22.3 Å². The number of benzene rings is 1. The first-order chi connectivity index (χ1) is 11.6. The van der Waals surface area contributed by atoms with Crippen LogP contribution in [-0.4, -0.2) is 29.9 Å². The van der Waals surface area contributed by atoms with Crippen molar-refractivity contribution < 1.29 is 9.59 Å². The third-order valence-corrected chi connectivity index (χ3v) is 5.22. The Hall–Kier alpha value is -2.12. The molecule has 0 unspecified atom stereocenters. The van der Waals surface area contributed by atoms with Gasteiger partial charge in [0.2, 0.25) is 5.91 Å². The van der Waals surface area contributed by atoms with Crippen molar-refractivity contribution in [1.82, 2.24) is 15.6 Å². The van der Waals surface area contributed by atoms with E-state index in [4.69, 9.17) is 0 Å². The van der Waals surface area contributed by atoms with E-state index in [0.29, 0.717) is 11.4 Å². The van der Waals surface area contributed by atoms with E-state index in [0.717, 1.165) is 15.7 Å². The average molecular weight is 406 g/mol. The van der Waals surface area contributed by atoms with Gasteiger partial charge in [-0.15, -0.1) is 11.3 Å². The van der Waals surface area contributed by atoms with Crippen molar-refractivity contribution in [2.75, 3.05) is 13.1 Å². The lowest BCUT2D eigenvalue weighted by atomic mass is 10.1. The molecule has 0 fully saturated rings. The second-order valence-corrected chi connectivity index (χ2v) is 7.71. The van der Waals surface area contributed by atoms with Crippen molar-refractivity contribution >= 4 is 50.0 Å². The maximum absolute atomic E-state index is 11.9. The molecule has 124 valence electrons. The summed E-state index contributed by atoms with van der Waals surface area (Å²) in [5.41, 5.74) is 2.26. The molecule has 3 N–H and O–H groups in total. The van der Waals surface area contributed by atoms with Crippen LogP contribution >= 0.6 is 27.3 Å². The predicted molar refractivity (Wildman–Crippen MR) is 99.4 cm³/mol. The van der Waals surface area contributed by atoms with Crippen molar-refractivity contribution in [2.24, 2.45) is 0 Å². The monoisotopic (exact) mass is 405 g/mol. The summed E-state index contributed by atoms with van der Waals surface area (Å²) in [6.45, 7) is 0.503. The molecular formula is C17H16BrN3O2S. The van der Waals surface area contributed by atoms with E-state index in [1.54, 1.807) is 12.1 Å². The Morgan fingerprint density at radius 1 is 1.12 bits per heavy atom. The average Bonchev–Trinajstić information content (AvgIpc) is 3.19. The summed E-state index contributed by atoms with van der Waals surface area (Å²) < 4.78 is 0.885. The van der Waals surface area contributed by atoms with Crippen molar-refractivity contribution in [3.05, 3.63) is 56.8 Å². The van der Waals surface area contributed by atoms with E-state index >= 15 is 0 Å². The number of carbonyl (C=O) groups excluding carboxylic acids is 2. The summed E-state index contributed by atoms with van der Waals surface area (Å²) in [4.78, 5) is 27.5. The minimum atomic E-state index is -0.238. The number of amides is 2. The number of fused-ring (bicyclic) bond motifs is 1. The van der Waals surface area contributed by atoms with E-state index < -0.39 is 0 Å². The molecule has 0 saturated carbocycles. The lowest BCUT2D eigenvalue weighted by Gasteiger charge is -2.06. The molecule has 0 saturated heterocycles. The molecule has 1 aromatic carbocycles. The molecule has 0 aliphatic carbocycles. The maximum atomic E-state index is 11.9. The van der Waals surface area contributed by atoms with Gasteiger partial charge in [0.1, 0.15) is 0 Å². The molecule has 3 aromatic rings. The van der Waals surface area contributed by atoms with Crippen LogP contribution in [-0.2, 0) is 11.2 Å². The Labute approximate surface area is 151 Å². The lowest BCUT2D eigenvalue weighted by molar-refractivity contribution is -0.120. The van der Waals surface area contributed by atoms with Gasteiger partial charge in [0, 0.05) is 23.6 Å². The summed E-state index contributed by atoms with van der Waals surface area (Å²) in [6, 6.07) is 11.6. The van der Waals surface area contributed by atoms with Crippen molar-refractivity contribution in [3.8, 4) is 0 Å². The minimum absolute atomic E-state index is 0.0256. The number of H-pyrrole nitrogens is 1. The van der Waals surface area contributed by atoms with Crippen molar-refractivity contribution in [1.29, 1.82) is 0 Å². The van der Waals surface area contributed by atoms with Crippen LogP contribution in [0.3, 0.4) is 0 Å². The molecule has 0 atom stereocenters. The summed E-state index contributed by atoms with van der Waals surface area (Å²) in [6.07, 6.45) is 2.70. The second kappa shape index (κ2) is 7.63. The zero-order valence-corrected chi connectivity index (χ0v) is 15.2. The Morgan fingerprint density at radius 2 is 1.96 bits per heavy atom. The van der Waals surface area contributed by atoms with Gasteiger partial charge in [0.25, 0.3) is 5.91 Å². The predicted octanol–water partition coefficient (Wildman–Crippen LogP) is 3.08. The van der Waals surface area contributed by atoms with Crippen LogP contribution < -0.4 is 10.6 Å². The molecule has 5 nitrogen and oxygen atoms in total. The quantitative estimate of drug-likeness (QED) is 0.589. The molecule has 0 spiro atoms. The molecule has 0 aliphatic heterocycles. The number of nitrogens with one attached hydrogen (secondary N) is 3. The van der Waals surface area contributed by atoms with E-state index in [9.17, 15) is 9.59 Å². The Bertz CT molecular complexity index is 871. The summed E-state index contributed by atoms with van der Waals surface area (Å²) >= 11 is 4.64. The third-order valence-electron chi connectivity index (χ3n) is 3.60. The fraction of sp³-hybridized carbons (Fsp3) is 0.176. The number of rotatable bonds is 6. The van der Waals surface area contributed by atoms with E-state index in [2.05, 4.69) is 37.6 Å². The van der Waals surface area contributed by atoms with Gasteiger partial charge < -0.3 is 15.6 Å². The van der Waals surface area contributed by atoms with E-state index in [1.807, 2.05) is 24.4 Å². The highest BCUT2D eigenvalue weighted by Crippen LogP contribution is 2.21. The number of aromatic nitrogens is 1. The Morgan fingerprint density at radius 3 is 2.75 bits per heavy atom. The molecule has 0 radical (unpaired) electrons. The van der Waals surface area contributed by atoms with Gasteiger partial charge in [-0.05, 0) is 46.1 Å². The first-order valence-electron chi connectivity index (χ1n) is 7.49. The molecule has 24 heavy (non-hydrogen) atoms. The van der Waals surface area contributed by atoms with Gasteiger partial charge >= 0.3 is 0 Å². The molecule has 0 bridgehead atoms. The highest BCUT2D eigenvalue weighted by Gasteiger charge is 2.10. The van der Waals surface area contributed by atoms with Gasteiger partial charge in [0.15, 0.2) is 0 Å². The topological polar surface area (TPSA) is 74.0 Å². The SMILES string of the molecule is O=C(CNC(=O)c1ccc(Br)s1)NCCc1c[nH]c2ccccc12. The van der Waals surface area contributed by atoms with Gasteiger partial charge in [-0.2, -0.15) is 0 Å².